The highest BCUT2D eigenvalue weighted by Crippen LogP contribution is 1.95. The van der Waals surface area contributed by atoms with Crippen LogP contribution in [0.25, 0.3) is 0 Å². The molecule has 6 heavy (non-hydrogen) atoms. The van der Waals surface area contributed by atoms with E-state index in [-0.39, 0.29) is 6.40 Å². The molecule has 0 heteroatoms. The van der Waals surface area contributed by atoms with Gasteiger partial charge in [0.2, 0.25) is 0 Å². The Morgan fingerprint density at radius 3 is 3.00 bits per heavy atom. The molecule has 0 N–H and O–H groups in total. The fourth-order valence-electron chi connectivity index (χ4n) is 0.348. The number of hydrogen-bond donors (Lipinski definition) is 0. The minimum atomic E-state index is 0.0837. The molecule has 38 valence electrons. The first-order valence-electron chi connectivity index (χ1n) is 3.81. The Morgan fingerprint density at radius 2 is 2.50 bits per heavy atom. The van der Waals surface area contributed by atoms with E-state index < -0.39 is 0 Å². The Balaban J connectivity index is 2.86. The second-order valence-corrected chi connectivity index (χ2v) is 1.34. The summed E-state index contributed by atoms with van der Waals surface area (Å²) in [5, 5.41) is 0. The molecule has 0 bridgehead atoms. The number of rotatable bonds is 3. The van der Waals surface area contributed by atoms with Crippen molar-refractivity contribution in [3.05, 3.63) is 0 Å². The van der Waals surface area contributed by atoms with Gasteiger partial charge in [-0.25, -0.2) is 0 Å². The van der Waals surface area contributed by atoms with Gasteiger partial charge in [0.1, 0.15) is 0 Å². The molecule has 0 rings (SSSR count). The van der Waals surface area contributed by atoms with E-state index in [1.807, 2.05) is 6.92 Å². The van der Waals surface area contributed by atoms with E-state index in [0.717, 1.165) is 19.3 Å². The normalized spacial score (nSPS) is 18.8. The summed E-state index contributed by atoms with van der Waals surface area (Å²) in [6.45, 7) is 2.50. The molecular weight excluding hydrogens is 72.1 g/mol. The smallest absolute Gasteiger partial charge is 0.0266 e. The molecule has 0 saturated carbocycles. The Kier molecular flexibility index (Phi) is 2.55. The van der Waals surface area contributed by atoms with Crippen LogP contribution in [-0.4, -0.2) is 0 Å². The van der Waals surface area contributed by atoms with Gasteiger partial charge in [-0.2, -0.15) is 0 Å². The molecule has 0 saturated heterocycles. The van der Waals surface area contributed by atoms with Crippen molar-refractivity contribution in [1.29, 1.82) is 0 Å². The molecule has 0 spiro atoms. The molecule has 0 nitrogen and oxygen atoms in total. The van der Waals surface area contributed by atoms with Gasteiger partial charge < -0.3 is 0 Å². The predicted octanol–water partition coefficient (Wildman–Crippen LogP) is 2.59. The molecule has 0 aliphatic rings. The monoisotopic (exact) mass is 88.1 g/mol. The van der Waals surface area contributed by atoms with Crippen molar-refractivity contribution in [1.82, 2.24) is 0 Å². The van der Waals surface area contributed by atoms with Gasteiger partial charge >= 0.3 is 0 Å². The molecule has 0 aliphatic heterocycles. The van der Waals surface area contributed by atoms with Crippen molar-refractivity contribution >= 4 is 0 Å². The lowest BCUT2D eigenvalue weighted by Gasteiger charge is -1.86. The van der Waals surface area contributed by atoms with Crippen LogP contribution < -0.4 is 0 Å². The van der Waals surface area contributed by atoms with E-state index in [0.29, 0.717) is 6.90 Å². The Bertz CT molecular complexity index is 45.8. The lowest BCUT2D eigenvalue weighted by atomic mass is 10.2. The minimum absolute atomic E-state index is 0.0837. The van der Waals surface area contributed by atoms with Crippen molar-refractivity contribution in [3.63, 3.8) is 0 Å². The molecule has 0 aromatic rings. The van der Waals surface area contributed by atoms with Gasteiger partial charge in [0.15, 0.2) is 0 Å². The average molecular weight is 88.2 g/mol. The Labute approximate surface area is 43.4 Å². The first-order chi connectivity index (χ1) is 3.81. The fraction of sp³-hybridized carbons (Fsp3) is 1.00. The first kappa shape index (κ1) is 3.06. The van der Waals surface area contributed by atoms with Crippen LogP contribution in [0.2, 0.25) is 0 Å². The van der Waals surface area contributed by atoms with E-state index in [1.165, 1.54) is 0 Å². The van der Waals surface area contributed by atoms with Crippen molar-refractivity contribution in [2.24, 2.45) is 0 Å². The molecule has 1 atom stereocenters. The van der Waals surface area contributed by atoms with Crippen LogP contribution in [0.1, 0.15) is 42.2 Å². The van der Waals surface area contributed by atoms with Crippen LogP contribution in [-0.2, 0) is 0 Å². The lowest BCUT2D eigenvalue weighted by Crippen LogP contribution is -1.66. The molecular formula is C6H14. The molecule has 0 heterocycles. The largest absolute Gasteiger partial charge is 0.0654 e. The van der Waals surface area contributed by atoms with E-state index in [9.17, 15) is 0 Å². The third-order valence-corrected chi connectivity index (χ3v) is 0.697. The minimum Gasteiger partial charge on any atom is -0.0654 e. The van der Waals surface area contributed by atoms with Gasteiger partial charge in [0, 0.05) is 2.74 Å². The van der Waals surface area contributed by atoms with Crippen LogP contribution in [0.4, 0.5) is 0 Å². The second-order valence-electron chi connectivity index (χ2n) is 1.34. The third-order valence-electron chi connectivity index (χ3n) is 0.697. The van der Waals surface area contributed by atoms with Crippen LogP contribution in [0, 0.1) is 0 Å². The summed E-state index contributed by atoms with van der Waals surface area (Å²) in [6.07, 6.45) is 2.81. The lowest BCUT2D eigenvalue weighted by molar-refractivity contribution is 0.702. The molecule has 0 radical (unpaired) electrons. The van der Waals surface area contributed by atoms with Gasteiger partial charge in [0.25, 0.3) is 0 Å². The van der Waals surface area contributed by atoms with E-state index >= 15 is 0 Å². The second kappa shape index (κ2) is 5.00. The Morgan fingerprint density at radius 1 is 1.67 bits per heavy atom. The quantitative estimate of drug-likeness (QED) is 0.497. The zero-order chi connectivity index (χ0) is 6.41. The van der Waals surface area contributed by atoms with Crippen molar-refractivity contribution in [2.75, 3.05) is 0 Å². The highest BCUT2D eigenvalue weighted by atomic mass is 13.8. The summed E-state index contributed by atoms with van der Waals surface area (Å²) >= 11 is 0. The SMILES string of the molecule is [2H]CCCC([2H])CC. The topological polar surface area (TPSA) is 0 Å². The number of hydrogen-bond acceptors (Lipinski definition) is 0. The molecule has 0 amide bonds. The summed E-state index contributed by atoms with van der Waals surface area (Å²) in [4.78, 5) is 0. The first-order valence-corrected chi connectivity index (χ1v) is 2.52. The predicted molar refractivity (Wildman–Crippen MR) is 29.8 cm³/mol. The summed E-state index contributed by atoms with van der Waals surface area (Å²) in [5.41, 5.74) is 0. The average Bonchev–Trinajstić information content (AvgIpc) is 1.83. The van der Waals surface area contributed by atoms with Gasteiger partial charge in [-0.1, -0.05) is 39.5 Å². The van der Waals surface area contributed by atoms with Gasteiger partial charge in [-0.15, -0.1) is 0 Å². The van der Waals surface area contributed by atoms with Crippen molar-refractivity contribution in [2.45, 2.75) is 39.5 Å². The Hall–Kier alpha value is 0. The summed E-state index contributed by atoms with van der Waals surface area (Å²) in [7, 11) is 0. The van der Waals surface area contributed by atoms with Crippen molar-refractivity contribution in [3.8, 4) is 0 Å². The molecule has 0 fully saturated rings. The maximum atomic E-state index is 7.24. The maximum Gasteiger partial charge on any atom is 0.0266 e. The highest BCUT2D eigenvalue weighted by molar-refractivity contribution is 4.31. The zero-order valence-electron chi connectivity index (χ0n) is 6.41. The summed E-state index contributed by atoms with van der Waals surface area (Å²) in [5.74, 6) is 0. The molecule has 0 aromatic heterocycles. The van der Waals surface area contributed by atoms with E-state index in [1.54, 1.807) is 0 Å². The molecule has 0 aromatic carbocycles. The van der Waals surface area contributed by atoms with Gasteiger partial charge in [-0.3, -0.25) is 0 Å². The van der Waals surface area contributed by atoms with Gasteiger partial charge in [-0.05, 0) is 0 Å². The van der Waals surface area contributed by atoms with Crippen LogP contribution >= 0.6 is 0 Å². The summed E-state index contributed by atoms with van der Waals surface area (Å²) in [6, 6.07) is 0. The van der Waals surface area contributed by atoms with Crippen LogP contribution in [0.3, 0.4) is 0 Å². The fourth-order valence-corrected chi connectivity index (χ4v) is 0.348. The summed E-state index contributed by atoms with van der Waals surface area (Å²) < 4.78 is 14.0. The van der Waals surface area contributed by atoms with E-state index in [2.05, 4.69) is 0 Å². The highest BCUT2D eigenvalue weighted by Gasteiger charge is 1.75. The van der Waals surface area contributed by atoms with Gasteiger partial charge in [0.05, 0.1) is 0 Å². The maximum absolute atomic E-state index is 7.24. The molecule has 1 unspecified atom stereocenters. The van der Waals surface area contributed by atoms with Crippen LogP contribution in [0.15, 0.2) is 0 Å². The van der Waals surface area contributed by atoms with Crippen LogP contribution in [0.5, 0.6) is 0 Å². The van der Waals surface area contributed by atoms with E-state index in [4.69, 9.17) is 2.74 Å². The molecule has 0 aliphatic carbocycles. The third kappa shape index (κ3) is 4.00. The zero-order valence-corrected chi connectivity index (χ0v) is 4.41. The van der Waals surface area contributed by atoms with Crippen molar-refractivity contribution < 1.29 is 2.74 Å². The standard InChI is InChI=1S/C6H14/c1-3-5-6-4-2/h3-6H2,1-2H3/i1D,6D.